The molecular weight excluding hydrogens is 565 g/mol. The quantitative estimate of drug-likeness (QED) is 0.117. The van der Waals surface area contributed by atoms with Crippen LogP contribution in [-0.2, 0) is 24.4 Å². The van der Waals surface area contributed by atoms with Crippen LogP contribution in [-0.4, -0.2) is 42.5 Å². The Morgan fingerprint density at radius 1 is 0.976 bits per heavy atom. The van der Waals surface area contributed by atoms with Crippen LogP contribution in [0.3, 0.4) is 0 Å². The van der Waals surface area contributed by atoms with Crippen LogP contribution in [0.1, 0.15) is 34.0 Å². The van der Waals surface area contributed by atoms with E-state index in [4.69, 9.17) is 9.47 Å². The Hall–Kier alpha value is -3.85. The van der Waals surface area contributed by atoms with Gasteiger partial charge in [0.25, 0.3) is 0 Å². The van der Waals surface area contributed by atoms with Crippen LogP contribution in [0.2, 0.25) is 0 Å². The maximum absolute atomic E-state index is 14.1. The first-order valence-electron chi connectivity index (χ1n) is 13.8. The third-order valence-corrected chi connectivity index (χ3v) is 9.27. The van der Waals surface area contributed by atoms with Crippen molar-refractivity contribution in [2.45, 2.75) is 31.5 Å². The molecule has 5 rings (SSSR count). The van der Waals surface area contributed by atoms with Gasteiger partial charge in [-0.05, 0) is 72.8 Å². The van der Waals surface area contributed by atoms with Crippen molar-refractivity contribution in [2.75, 3.05) is 27.0 Å². The Labute approximate surface area is 254 Å². The normalized spacial score (nSPS) is 11.3. The molecule has 5 aromatic rings. The number of ether oxygens (including phenoxy) is 2. The average molecular weight is 599 g/mol. The Kier molecular flexibility index (Phi) is 9.47. The molecule has 8 heteroatoms. The second kappa shape index (κ2) is 13.4. The van der Waals surface area contributed by atoms with Crippen LogP contribution in [0.25, 0.3) is 20.7 Å². The van der Waals surface area contributed by atoms with Crippen LogP contribution in [0, 0.1) is 0 Å². The van der Waals surface area contributed by atoms with E-state index in [2.05, 4.69) is 42.5 Å². The van der Waals surface area contributed by atoms with Crippen LogP contribution < -0.4 is 10.2 Å². The Morgan fingerprint density at radius 3 is 2.38 bits per heavy atom. The lowest BCUT2D eigenvalue weighted by Crippen LogP contribution is -2.23. The van der Waals surface area contributed by atoms with Crippen molar-refractivity contribution in [3.63, 3.8) is 0 Å². The van der Waals surface area contributed by atoms with E-state index in [1.807, 2.05) is 59.2 Å². The summed E-state index contributed by atoms with van der Waals surface area (Å²) in [5.74, 6) is 0.164. The zero-order valence-electron chi connectivity index (χ0n) is 24.3. The van der Waals surface area contributed by atoms with Crippen molar-refractivity contribution in [1.29, 1.82) is 0 Å². The molecule has 0 unspecified atom stereocenters. The van der Waals surface area contributed by atoms with Crippen molar-refractivity contribution >= 4 is 39.3 Å². The van der Waals surface area contributed by atoms with Gasteiger partial charge in [0, 0.05) is 35.6 Å². The molecule has 2 aromatic heterocycles. The first-order chi connectivity index (χ1) is 20.4. The molecule has 2 heterocycles. The van der Waals surface area contributed by atoms with E-state index in [1.165, 1.54) is 5.56 Å². The maximum Gasteiger partial charge on any atom is 0.343 e. The number of benzene rings is 3. The summed E-state index contributed by atoms with van der Waals surface area (Å²) in [5, 5.41) is 0.568. The summed E-state index contributed by atoms with van der Waals surface area (Å²) >= 11 is 3.26. The molecule has 6 nitrogen and oxygen atoms in total. The molecule has 42 heavy (non-hydrogen) atoms. The van der Waals surface area contributed by atoms with E-state index >= 15 is 0 Å². The lowest BCUT2D eigenvalue weighted by atomic mass is 10.0. The minimum atomic E-state index is -0.600. The summed E-state index contributed by atoms with van der Waals surface area (Å²) in [6.45, 7) is 3.70. The summed E-state index contributed by atoms with van der Waals surface area (Å²) in [5.41, 5.74) is 3.96. The number of fused-ring (bicyclic) bond motifs is 1. The highest BCUT2D eigenvalue weighted by molar-refractivity contribution is 7.98. The van der Waals surface area contributed by atoms with Gasteiger partial charge in [0.15, 0.2) is 0 Å². The highest BCUT2D eigenvalue weighted by Gasteiger charge is 2.25. The van der Waals surface area contributed by atoms with Gasteiger partial charge in [-0.1, -0.05) is 48.5 Å². The number of hydrogen-bond donors (Lipinski definition) is 0. The Morgan fingerprint density at radius 2 is 1.69 bits per heavy atom. The van der Waals surface area contributed by atoms with Gasteiger partial charge >= 0.3 is 5.97 Å². The molecule has 216 valence electrons. The fraction of sp³-hybridized carbons (Fsp3) is 0.235. The van der Waals surface area contributed by atoms with E-state index in [0.29, 0.717) is 25.0 Å². The average Bonchev–Trinajstić information content (AvgIpc) is 3.39. The van der Waals surface area contributed by atoms with Gasteiger partial charge < -0.3 is 14.0 Å². The number of methoxy groups -OCH3 is 1. The van der Waals surface area contributed by atoms with Gasteiger partial charge in [-0.15, -0.1) is 23.1 Å². The standard InChI is InChI=1S/C34H34N2O4S2/c1-5-40-34(38)28-22-36(20-25-13-9-10-14-29(25)41-4)33-30(31(28)37)27(21-35(2)19-23-11-7-6-8-12-23)32(42-33)24-15-17-26(39-3)18-16-24/h6-18,22H,5,19-21H2,1-4H3. The van der Waals surface area contributed by atoms with Gasteiger partial charge in [0.2, 0.25) is 5.43 Å². The summed E-state index contributed by atoms with van der Waals surface area (Å²) in [7, 11) is 3.70. The molecule has 0 aliphatic carbocycles. The largest absolute Gasteiger partial charge is 0.497 e. The molecule has 0 saturated heterocycles. The van der Waals surface area contributed by atoms with Crippen LogP contribution in [0.15, 0.2) is 94.7 Å². The predicted octanol–water partition coefficient (Wildman–Crippen LogP) is 7.32. The smallest absolute Gasteiger partial charge is 0.343 e. The number of esters is 1. The fourth-order valence-electron chi connectivity index (χ4n) is 5.13. The van der Waals surface area contributed by atoms with E-state index < -0.39 is 5.97 Å². The van der Waals surface area contributed by atoms with E-state index in [1.54, 1.807) is 43.3 Å². The molecule has 0 radical (unpaired) electrons. The topological polar surface area (TPSA) is 60.8 Å². The van der Waals surface area contributed by atoms with E-state index in [9.17, 15) is 9.59 Å². The lowest BCUT2D eigenvalue weighted by molar-refractivity contribution is 0.0524. The summed E-state index contributed by atoms with van der Waals surface area (Å²) in [4.78, 5) is 32.4. The number of carbonyl (C=O) groups is 1. The second-order valence-corrected chi connectivity index (χ2v) is 11.9. The highest BCUT2D eigenvalue weighted by Crippen LogP contribution is 2.39. The van der Waals surface area contributed by atoms with Crippen LogP contribution in [0.5, 0.6) is 5.75 Å². The molecule has 0 atom stereocenters. The van der Waals surface area contributed by atoms with Crippen LogP contribution >= 0.6 is 23.1 Å². The minimum absolute atomic E-state index is 0.0528. The fourth-order valence-corrected chi connectivity index (χ4v) is 7.03. The van der Waals surface area contributed by atoms with Gasteiger partial charge in [-0.25, -0.2) is 4.79 Å². The van der Waals surface area contributed by atoms with Crippen molar-refractivity contribution in [3.05, 3.63) is 118 Å². The van der Waals surface area contributed by atoms with Gasteiger partial charge in [0.1, 0.15) is 16.1 Å². The molecule has 0 amide bonds. The third-order valence-electron chi connectivity index (χ3n) is 7.11. The first-order valence-corrected chi connectivity index (χ1v) is 15.8. The molecule has 0 aliphatic heterocycles. The number of carbonyl (C=O) groups excluding carboxylic acids is 1. The number of hydrogen-bond acceptors (Lipinski definition) is 7. The van der Waals surface area contributed by atoms with E-state index in [-0.39, 0.29) is 17.6 Å². The lowest BCUT2D eigenvalue weighted by Gasteiger charge is -2.18. The molecule has 0 fully saturated rings. The number of aromatic nitrogens is 1. The van der Waals surface area contributed by atoms with Gasteiger partial charge in [-0.2, -0.15) is 0 Å². The maximum atomic E-state index is 14.1. The van der Waals surface area contributed by atoms with Gasteiger partial charge in [-0.3, -0.25) is 9.69 Å². The van der Waals surface area contributed by atoms with Crippen molar-refractivity contribution < 1.29 is 14.3 Å². The Bertz CT molecular complexity index is 1740. The van der Waals surface area contributed by atoms with Crippen molar-refractivity contribution in [1.82, 2.24) is 9.47 Å². The Balaban J connectivity index is 1.73. The molecule has 0 saturated carbocycles. The van der Waals surface area contributed by atoms with Crippen molar-refractivity contribution in [2.24, 2.45) is 0 Å². The molecule has 0 aliphatic rings. The summed E-state index contributed by atoms with van der Waals surface area (Å²) in [6.07, 6.45) is 3.73. The zero-order chi connectivity index (χ0) is 29.6. The number of rotatable bonds is 11. The molecule has 3 aromatic carbocycles. The second-order valence-electron chi connectivity index (χ2n) is 10.0. The zero-order valence-corrected chi connectivity index (χ0v) is 25.9. The summed E-state index contributed by atoms with van der Waals surface area (Å²) < 4.78 is 12.8. The molecule has 0 bridgehead atoms. The minimum Gasteiger partial charge on any atom is -0.497 e. The number of thioether (sulfide) groups is 1. The summed E-state index contributed by atoms with van der Waals surface area (Å²) in [6, 6.07) is 26.4. The number of nitrogens with zero attached hydrogens (tertiary/aromatic N) is 2. The highest BCUT2D eigenvalue weighted by atomic mass is 32.2. The molecule has 0 spiro atoms. The molecule has 0 N–H and O–H groups in total. The SMILES string of the molecule is CCOC(=O)c1cn(Cc2ccccc2SC)c2sc(-c3ccc(OC)cc3)c(CN(C)Cc3ccccc3)c2c1=O. The number of pyridine rings is 1. The van der Waals surface area contributed by atoms with E-state index in [0.717, 1.165) is 37.0 Å². The van der Waals surface area contributed by atoms with Crippen molar-refractivity contribution in [3.8, 4) is 16.2 Å². The monoisotopic (exact) mass is 598 g/mol. The molecular formula is C34H34N2O4S2. The number of thiophene rings is 1. The van der Waals surface area contributed by atoms with Crippen LogP contribution in [0.4, 0.5) is 0 Å². The predicted molar refractivity (Wildman–Crippen MR) is 173 cm³/mol. The first kappa shape index (κ1) is 29.6. The third kappa shape index (κ3) is 6.31. The van der Waals surface area contributed by atoms with Gasteiger partial charge in [0.05, 0.1) is 19.1 Å².